The first-order valence-corrected chi connectivity index (χ1v) is 9.63. The topological polar surface area (TPSA) is 89.7 Å². The highest BCUT2D eigenvalue weighted by atomic mass is 35.5. The Balaban J connectivity index is 1.42. The third-order valence-electron chi connectivity index (χ3n) is 4.58. The van der Waals surface area contributed by atoms with Crippen LogP contribution in [0.1, 0.15) is 32.2 Å². The number of aryl methyl sites for hydroxylation is 1. The van der Waals surface area contributed by atoms with Crippen molar-refractivity contribution in [3.05, 3.63) is 75.1 Å². The molecule has 0 bridgehead atoms. The Labute approximate surface area is 181 Å². The van der Waals surface area contributed by atoms with Gasteiger partial charge in [0.15, 0.2) is 0 Å². The van der Waals surface area contributed by atoms with Crippen LogP contribution in [-0.2, 0) is 16.1 Å². The second-order valence-corrected chi connectivity index (χ2v) is 7.37. The molecule has 1 aromatic heterocycles. The highest BCUT2D eigenvalue weighted by molar-refractivity contribution is 6.43. The van der Waals surface area contributed by atoms with Gasteiger partial charge in [-0.2, -0.15) is 0 Å². The van der Waals surface area contributed by atoms with Crippen molar-refractivity contribution in [2.24, 2.45) is 0 Å². The van der Waals surface area contributed by atoms with Gasteiger partial charge in [-0.1, -0.05) is 41.4 Å². The van der Waals surface area contributed by atoms with Crippen molar-refractivity contribution in [2.75, 3.05) is 6.54 Å². The number of benzene rings is 2. The first-order chi connectivity index (χ1) is 14.3. The summed E-state index contributed by atoms with van der Waals surface area (Å²) >= 11 is 11.8. The summed E-state index contributed by atoms with van der Waals surface area (Å²) in [6.07, 6.45) is 0. The van der Waals surface area contributed by atoms with Gasteiger partial charge in [0.25, 0.3) is 11.8 Å². The normalized spacial score (nSPS) is 13.0. The number of esters is 1. The van der Waals surface area contributed by atoms with Gasteiger partial charge in [-0.05, 0) is 31.2 Å². The molecule has 0 fully saturated rings. The van der Waals surface area contributed by atoms with Gasteiger partial charge in [-0.15, -0.1) is 0 Å². The molecule has 2 aromatic carbocycles. The molecule has 1 aliphatic heterocycles. The van der Waals surface area contributed by atoms with Crippen LogP contribution in [0.15, 0.2) is 46.9 Å². The molecule has 9 heteroatoms. The standard InChI is InChI=1S/C21H14Cl2N2O5/c1-11-17(24-19(30-11)12-5-3-2-4-6-12)10-29-18(26)9-25-20(27)13-7-15(22)16(23)8-14(13)21(25)28/h2-8H,9-10H2,1H3. The molecular formula is C21H14Cl2N2O5. The SMILES string of the molecule is Cc1oc(-c2ccccc2)nc1COC(=O)CN1C(=O)c2cc(Cl)c(Cl)cc2C1=O. The van der Waals surface area contributed by atoms with E-state index >= 15 is 0 Å². The van der Waals surface area contributed by atoms with Crippen LogP contribution in [0.4, 0.5) is 0 Å². The van der Waals surface area contributed by atoms with Crippen LogP contribution >= 0.6 is 23.2 Å². The Kier molecular flexibility index (Phi) is 5.32. The predicted octanol–water partition coefficient (Wildman–Crippen LogP) is 4.30. The summed E-state index contributed by atoms with van der Waals surface area (Å²) in [5.41, 5.74) is 1.44. The number of carbonyl (C=O) groups is 3. The van der Waals surface area contributed by atoms with Gasteiger partial charge in [0.2, 0.25) is 5.89 Å². The van der Waals surface area contributed by atoms with Gasteiger partial charge in [0.1, 0.15) is 24.6 Å². The monoisotopic (exact) mass is 444 g/mol. The predicted molar refractivity (Wildman–Crippen MR) is 108 cm³/mol. The van der Waals surface area contributed by atoms with E-state index in [1.807, 2.05) is 30.3 Å². The van der Waals surface area contributed by atoms with Gasteiger partial charge in [-0.3, -0.25) is 19.3 Å². The summed E-state index contributed by atoms with van der Waals surface area (Å²) in [5, 5.41) is 0.299. The van der Waals surface area contributed by atoms with E-state index in [2.05, 4.69) is 4.98 Å². The largest absolute Gasteiger partial charge is 0.458 e. The molecule has 30 heavy (non-hydrogen) atoms. The lowest BCUT2D eigenvalue weighted by molar-refractivity contribution is -0.145. The second kappa shape index (κ2) is 7.93. The third-order valence-corrected chi connectivity index (χ3v) is 5.30. The maximum absolute atomic E-state index is 12.5. The smallest absolute Gasteiger partial charge is 0.326 e. The highest BCUT2D eigenvalue weighted by Gasteiger charge is 2.37. The molecule has 4 rings (SSSR count). The highest BCUT2D eigenvalue weighted by Crippen LogP contribution is 2.31. The number of oxazole rings is 1. The number of hydrogen-bond acceptors (Lipinski definition) is 6. The van der Waals surface area contributed by atoms with Crippen molar-refractivity contribution >= 4 is 41.0 Å². The fourth-order valence-electron chi connectivity index (χ4n) is 3.02. The summed E-state index contributed by atoms with van der Waals surface area (Å²) in [4.78, 5) is 42.3. The van der Waals surface area contributed by atoms with E-state index in [1.54, 1.807) is 6.92 Å². The van der Waals surface area contributed by atoms with Crippen LogP contribution in [0, 0.1) is 6.92 Å². The minimum absolute atomic E-state index is 0.0991. The molecule has 0 saturated heterocycles. The summed E-state index contributed by atoms with van der Waals surface area (Å²) in [6.45, 7) is 1.02. The molecule has 0 N–H and O–H groups in total. The average Bonchev–Trinajstić information content (AvgIpc) is 3.21. The lowest BCUT2D eigenvalue weighted by Gasteiger charge is -2.12. The maximum atomic E-state index is 12.5. The van der Waals surface area contributed by atoms with Crippen LogP contribution < -0.4 is 0 Å². The maximum Gasteiger partial charge on any atom is 0.326 e. The molecule has 0 atom stereocenters. The summed E-state index contributed by atoms with van der Waals surface area (Å²) < 4.78 is 10.8. The van der Waals surface area contributed by atoms with Crippen molar-refractivity contribution in [3.8, 4) is 11.5 Å². The van der Waals surface area contributed by atoms with Gasteiger partial charge in [0.05, 0.1) is 21.2 Å². The third kappa shape index (κ3) is 3.69. The van der Waals surface area contributed by atoms with Crippen LogP contribution in [0.5, 0.6) is 0 Å². The molecule has 1 aliphatic rings. The van der Waals surface area contributed by atoms with E-state index < -0.39 is 24.3 Å². The molecule has 0 spiro atoms. The van der Waals surface area contributed by atoms with Crippen molar-refractivity contribution in [2.45, 2.75) is 13.5 Å². The summed E-state index contributed by atoms with van der Waals surface area (Å²) in [6, 6.07) is 11.9. The fourth-order valence-corrected chi connectivity index (χ4v) is 3.34. The molecule has 0 aliphatic carbocycles. The second-order valence-electron chi connectivity index (χ2n) is 6.56. The number of nitrogens with zero attached hydrogens (tertiary/aromatic N) is 2. The average molecular weight is 445 g/mol. The molecule has 0 radical (unpaired) electrons. The lowest BCUT2D eigenvalue weighted by atomic mass is 10.1. The first-order valence-electron chi connectivity index (χ1n) is 8.87. The van der Waals surface area contributed by atoms with Crippen LogP contribution in [0.25, 0.3) is 11.5 Å². The van der Waals surface area contributed by atoms with Gasteiger partial charge in [0, 0.05) is 5.56 Å². The minimum atomic E-state index is -0.759. The van der Waals surface area contributed by atoms with Gasteiger partial charge < -0.3 is 9.15 Å². The summed E-state index contributed by atoms with van der Waals surface area (Å²) in [7, 11) is 0. The number of aromatic nitrogens is 1. The van der Waals surface area contributed by atoms with E-state index in [-0.39, 0.29) is 27.8 Å². The van der Waals surface area contributed by atoms with Crippen molar-refractivity contribution in [1.29, 1.82) is 0 Å². The van der Waals surface area contributed by atoms with Crippen molar-refractivity contribution in [3.63, 3.8) is 0 Å². The van der Waals surface area contributed by atoms with E-state index in [0.29, 0.717) is 17.3 Å². The zero-order valence-electron chi connectivity index (χ0n) is 15.6. The molecule has 2 heterocycles. The Hall–Kier alpha value is -3.16. The van der Waals surface area contributed by atoms with E-state index in [0.717, 1.165) is 10.5 Å². The number of rotatable bonds is 5. The molecule has 0 saturated carbocycles. The number of ether oxygens (including phenoxy) is 1. The van der Waals surface area contributed by atoms with E-state index in [9.17, 15) is 14.4 Å². The molecule has 0 unspecified atom stereocenters. The van der Waals surface area contributed by atoms with Gasteiger partial charge in [-0.25, -0.2) is 4.98 Å². The lowest BCUT2D eigenvalue weighted by Crippen LogP contribution is -2.35. The fraction of sp³-hybridized carbons (Fsp3) is 0.143. The molecule has 7 nitrogen and oxygen atoms in total. The van der Waals surface area contributed by atoms with Gasteiger partial charge >= 0.3 is 5.97 Å². The zero-order valence-corrected chi connectivity index (χ0v) is 17.2. The van der Waals surface area contributed by atoms with Crippen molar-refractivity contribution in [1.82, 2.24) is 9.88 Å². The molecule has 3 aromatic rings. The first kappa shape index (κ1) is 20.1. The Morgan fingerprint density at radius 3 is 2.27 bits per heavy atom. The minimum Gasteiger partial charge on any atom is -0.458 e. The number of hydrogen-bond donors (Lipinski definition) is 0. The summed E-state index contributed by atoms with van der Waals surface area (Å²) in [5.74, 6) is -1.10. The number of imide groups is 1. The van der Waals surface area contributed by atoms with E-state index in [4.69, 9.17) is 32.4 Å². The Morgan fingerprint density at radius 1 is 1.07 bits per heavy atom. The zero-order chi connectivity index (χ0) is 21.4. The van der Waals surface area contributed by atoms with Crippen molar-refractivity contribution < 1.29 is 23.5 Å². The quantitative estimate of drug-likeness (QED) is 0.430. The molecule has 2 amide bonds. The number of carbonyl (C=O) groups excluding carboxylic acids is 3. The number of fused-ring (bicyclic) bond motifs is 1. The van der Waals surface area contributed by atoms with Crippen LogP contribution in [-0.4, -0.2) is 34.2 Å². The Bertz CT molecular complexity index is 1130. The van der Waals surface area contributed by atoms with Crippen LogP contribution in [0.2, 0.25) is 10.0 Å². The number of halogens is 2. The number of amides is 2. The molecule has 152 valence electrons. The Morgan fingerprint density at radius 2 is 1.67 bits per heavy atom. The van der Waals surface area contributed by atoms with E-state index in [1.165, 1.54) is 12.1 Å². The molecular weight excluding hydrogens is 431 g/mol. The van der Waals surface area contributed by atoms with Crippen LogP contribution in [0.3, 0.4) is 0 Å².